The van der Waals surface area contributed by atoms with E-state index in [-0.39, 0.29) is 17.2 Å². The van der Waals surface area contributed by atoms with Crippen LogP contribution < -0.4 is 10.0 Å². The predicted octanol–water partition coefficient (Wildman–Crippen LogP) is 1.33. The SMILES string of the molecule is CC(C)NC(=O)[C@@H](C)Sc1cccc[n+]1[O-]. The largest absolute Gasteiger partial charge is 0.618 e. The van der Waals surface area contributed by atoms with E-state index < -0.39 is 0 Å². The van der Waals surface area contributed by atoms with Crippen LogP contribution in [-0.4, -0.2) is 17.2 Å². The standard InChI is InChI=1S/C11H16N2O2S/c1-8(2)12-11(14)9(3)16-10-6-4-5-7-13(10)15/h4-9H,1-3H3,(H,12,14)/t9-/m1/s1. The maximum atomic E-state index is 11.6. The van der Waals surface area contributed by atoms with Crippen molar-refractivity contribution in [3.05, 3.63) is 29.6 Å². The minimum atomic E-state index is -0.273. The van der Waals surface area contributed by atoms with Crippen molar-refractivity contribution in [2.45, 2.75) is 37.1 Å². The van der Waals surface area contributed by atoms with Crippen LogP contribution in [0.2, 0.25) is 0 Å². The number of carbonyl (C=O) groups excluding carboxylic acids is 1. The fourth-order valence-electron chi connectivity index (χ4n) is 1.14. The molecule has 0 radical (unpaired) electrons. The van der Waals surface area contributed by atoms with Crippen molar-refractivity contribution in [3.8, 4) is 0 Å². The van der Waals surface area contributed by atoms with Gasteiger partial charge in [0.1, 0.15) is 0 Å². The number of thioether (sulfide) groups is 1. The van der Waals surface area contributed by atoms with Gasteiger partial charge in [-0.1, -0.05) is 0 Å². The third-order valence-electron chi connectivity index (χ3n) is 1.89. The van der Waals surface area contributed by atoms with Gasteiger partial charge >= 0.3 is 0 Å². The van der Waals surface area contributed by atoms with E-state index >= 15 is 0 Å². The summed E-state index contributed by atoms with van der Waals surface area (Å²) in [6, 6.07) is 5.27. The summed E-state index contributed by atoms with van der Waals surface area (Å²) in [6.45, 7) is 5.60. The highest BCUT2D eigenvalue weighted by atomic mass is 32.2. The second-order valence-electron chi connectivity index (χ2n) is 3.79. The molecule has 5 heteroatoms. The summed E-state index contributed by atoms with van der Waals surface area (Å²) in [5, 5.41) is 14.4. The number of hydrogen-bond acceptors (Lipinski definition) is 3. The molecule has 1 aromatic heterocycles. The molecule has 0 spiro atoms. The van der Waals surface area contributed by atoms with Gasteiger partial charge in [0, 0.05) is 18.2 Å². The number of aromatic nitrogens is 1. The Bertz CT molecular complexity index is 369. The molecule has 0 aliphatic heterocycles. The van der Waals surface area contributed by atoms with Crippen LogP contribution in [0.5, 0.6) is 0 Å². The Morgan fingerprint density at radius 1 is 1.44 bits per heavy atom. The Balaban J connectivity index is 2.61. The van der Waals surface area contributed by atoms with E-state index in [2.05, 4.69) is 5.32 Å². The van der Waals surface area contributed by atoms with Gasteiger partial charge in [-0.05, 0) is 38.6 Å². The first-order valence-electron chi connectivity index (χ1n) is 5.16. The fraction of sp³-hybridized carbons (Fsp3) is 0.455. The molecule has 0 unspecified atom stereocenters. The maximum Gasteiger partial charge on any atom is 0.252 e. The molecule has 1 amide bonds. The quantitative estimate of drug-likeness (QED) is 0.490. The zero-order chi connectivity index (χ0) is 12.1. The van der Waals surface area contributed by atoms with Crippen molar-refractivity contribution in [2.24, 2.45) is 0 Å². The van der Waals surface area contributed by atoms with Gasteiger partial charge < -0.3 is 10.5 Å². The Morgan fingerprint density at radius 3 is 2.69 bits per heavy atom. The summed E-state index contributed by atoms with van der Waals surface area (Å²) in [4.78, 5) is 11.6. The predicted molar refractivity (Wildman–Crippen MR) is 64.0 cm³/mol. The normalized spacial score (nSPS) is 12.5. The van der Waals surface area contributed by atoms with Gasteiger partial charge in [0.15, 0.2) is 6.20 Å². The summed E-state index contributed by atoms with van der Waals surface area (Å²) in [7, 11) is 0. The summed E-state index contributed by atoms with van der Waals surface area (Å²) >= 11 is 1.26. The van der Waals surface area contributed by atoms with Crippen molar-refractivity contribution >= 4 is 17.7 Å². The van der Waals surface area contributed by atoms with E-state index in [0.29, 0.717) is 5.03 Å². The molecule has 1 N–H and O–H groups in total. The number of nitrogens with zero attached hydrogens (tertiary/aromatic N) is 1. The highest BCUT2D eigenvalue weighted by molar-refractivity contribution is 8.00. The van der Waals surface area contributed by atoms with E-state index in [1.54, 1.807) is 25.1 Å². The molecule has 1 atom stereocenters. The Hall–Kier alpha value is -1.23. The molecule has 0 bridgehead atoms. The number of pyridine rings is 1. The first-order valence-corrected chi connectivity index (χ1v) is 6.04. The van der Waals surface area contributed by atoms with Gasteiger partial charge in [0.2, 0.25) is 5.91 Å². The van der Waals surface area contributed by atoms with Gasteiger partial charge in [0.25, 0.3) is 5.03 Å². The number of rotatable bonds is 4. The van der Waals surface area contributed by atoms with E-state index in [0.717, 1.165) is 4.73 Å². The first kappa shape index (κ1) is 12.8. The third-order valence-corrected chi connectivity index (χ3v) is 3.01. The molecule has 0 saturated carbocycles. The summed E-state index contributed by atoms with van der Waals surface area (Å²) in [5.74, 6) is -0.0520. The van der Waals surface area contributed by atoms with E-state index in [9.17, 15) is 10.0 Å². The lowest BCUT2D eigenvalue weighted by Crippen LogP contribution is -2.37. The van der Waals surface area contributed by atoms with Crippen LogP contribution >= 0.6 is 11.8 Å². The molecule has 1 heterocycles. The van der Waals surface area contributed by atoms with Gasteiger partial charge in [-0.25, -0.2) is 0 Å². The van der Waals surface area contributed by atoms with Crippen molar-refractivity contribution < 1.29 is 9.52 Å². The van der Waals surface area contributed by atoms with Crippen LogP contribution in [0.3, 0.4) is 0 Å². The number of carbonyl (C=O) groups is 1. The molecule has 0 saturated heterocycles. The Kier molecular flexibility index (Phi) is 4.61. The maximum absolute atomic E-state index is 11.6. The summed E-state index contributed by atoms with van der Waals surface area (Å²) < 4.78 is 0.768. The minimum Gasteiger partial charge on any atom is -0.618 e. The zero-order valence-corrected chi connectivity index (χ0v) is 10.5. The average Bonchev–Trinajstić information content (AvgIpc) is 2.20. The Labute approximate surface area is 99.6 Å². The molecular weight excluding hydrogens is 224 g/mol. The lowest BCUT2D eigenvalue weighted by Gasteiger charge is -2.13. The monoisotopic (exact) mass is 240 g/mol. The second kappa shape index (κ2) is 5.75. The molecule has 0 aromatic carbocycles. The van der Waals surface area contributed by atoms with Crippen LogP contribution in [0.25, 0.3) is 0 Å². The highest BCUT2D eigenvalue weighted by Gasteiger charge is 2.18. The van der Waals surface area contributed by atoms with Crippen molar-refractivity contribution in [1.82, 2.24) is 5.32 Å². The van der Waals surface area contributed by atoms with E-state index in [4.69, 9.17) is 0 Å². The first-order chi connectivity index (χ1) is 7.50. The second-order valence-corrected chi connectivity index (χ2v) is 5.15. The number of nitrogens with one attached hydrogen (secondary N) is 1. The van der Waals surface area contributed by atoms with Crippen molar-refractivity contribution in [1.29, 1.82) is 0 Å². The minimum absolute atomic E-state index is 0.0520. The van der Waals surface area contributed by atoms with Crippen molar-refractivity contribution in [2.75, 3.05) is 0 Å². The molecule has 1 rings (SSSR count). The Morgan fingerprint density at radius 2 is 2.12 bits per heavy atom. The van der Waals surface area contributed by atoms with Crippen LogP contribution in [0, 0.1) is 5.21 Å². The molecular formula is C11H16N2O2S. The van der Waals surface area contributed by atoms with Gasteiger partial charge in [0.05, 0.1) is 5.25 Å². The van der Waals surface area contributed by atoms with Crippen LogP contribution in [-0.2, 0) is 4.79 Å². The van der Waals surface area contributed by atoms with E-state index in [1.165, 1.54) is 18.0 Å². The lowest BCUT2D eigenvalue weighted by molar-refractivity contribution is -0.645. The van der Waals surface area contributed by atoms with Gasteiger partial charge in [-0.15, -0.1) is 0 Å². The zero-order valence-electron chi connectivity index (χ0n) is 9.64. The summed E-state index contributed by atoms with van der Waals surface area (Å²) in [5.41, 5.74) is 0. The molecule has 0 aliphatic carbocycles. The number of hydrogen-bond donors (Lipinski definition) is 1. The molecule has 88 valence electrons. The third kappa shape index (κ3) is 3.73. The highest BCUT2D eigenvalue weighted by Crippen LogP contribution is 2.19. The van der Waals surface area contributed by atoms with Crippen LogP contribution in [0.1, 0.15) is 20.8 Å². The van der Waals surface area contributed by atoms with E-state index in [1.807, 2.05) is 13.8 Å². The average molecular weight is 240 g/mol. The lowest BCUT2D eigenvalue weighted by atomic mass is 10.3. The molecule has 0 aliphatic rings. The molecule has 1 aromatic rings. The fourth-order valence-corrected chi connectivity index (χ4v) is 2.00. The van der Waals surface area contributed by atoms with Crippen molar-refractivity contribution in [3.63, 3.8) is 0 Å². The molecule has 0 fully saturated rings. The van der Waals surface area contributed by atoms with Crippen LogP contribution in [0.4, 0.5) is 0 Å². The van der Waals surface area contributed by atoms with Crippen LogP contribution in [0.15, 0.2) is 29.4 Å². The van der Waals surface area contributed by atoms with Gasteiger partial charge in [-0.3, -0.25) is 4.79 Å². The molecule has 16 heavy (non-hydrogen) atoms. The molecule has 4 nitrogen and oxygen atoms in total. The topological polar surface area (TPSA) is 56.0 Å². The smallest absolute Gasteiger partial charge is 0.252 e. The summed E-state index contributed by atoms with van der Waals surface area (Å²) in [6.07, 6.45) is 1.43. The van der Waals surface area contributed by atoms with Gasteiger partial charge in [-0.2, -0.15) is 4.73 Å². The number of amides is 1.